The Labute approximate surface area is 203 Å². The summed E-state index contributed by atoms with van der Waals surface area (Å²) < 4.78 is 12.4. The summed E-state index contributed by atoms with van der Waals surface area (Å²) in [5.41, 5.74) is 4.91. The summed E-state index contributed by atoms with van der Waals surface area (Å²) >= 11 is 13.9. The van der Waals surface area contributed by atoms with E-state index in [9.17, 15) is 4.79 Å². The van der Waals surface area contributed by atoms with E-state index in [4.69, 9.17) is 32.7 Å². The fourth-order valence-electron chi connectivity index (χ4n) is 2.89. The Morgan fingerprint density at radius 3 is 2.70 bits per heavy atom. The summed E-state index contributed by atoms with van der Waals surface area (Å²) in [7, 11) is 1.61. The van der Waals surface area contributed by atoms with Gasteiger partial charge in [0, 0.05) is 22.8 Å². The van der Waals surface area contributed by atoms with Crippen molar-refractivity contribution in [3.63, 3.8) is 0 Å². The normalized spacial score (nSPS) is 11.3. The van der Waals surface area contributed by atoms with Gasteiger partial charge >= 0.3 is 0 Å². The summed E-state index contributed by atoms with van der Waals surface area (Å²) in [6.45, 7) is -0.263. The fraction of sp³-hybridized carbons (Fsp3) is 0.0909. The maximum absolute atomic E-state index is 12.3. The van der Waals surface area contributed by atoms with Crippen molar-refractivity contribution in [1.82, 2.24) is 20.0 Å². The summed E-state index contributed by atoms with van der Waals surface area (Å²) in [6.07, 6.45) is 4.41. The number of hydrogen-bond donors (Lipinski definition) is 1. The SMILES string of the molecule is COc1ccc(-c2cs/c(=N\NC(=O)COc3cnccn3)n2-c2ccc(Cl)cc2Cl)cc1. The third kappa shape index (κ3) is 5.51. The zero-order valence-corrected chi connectivity index (χ0v) is 19.6. The van der Waals surface area contributed by atoms with Crippen molar-refractivity contribution in [1.29, 1.82) is 0 Å². The van der Waals surface area contributed by atoms with E-state index in [0.717, 1.165) is 17.0 Å². The number of rotatable bonds is 7. The van der Waals surface area contributed by atoms with E-state index in [-0.39, 0.29) is 12.5 Å². The molecule has 1 amide bonds. The molecule has 0 radical (unpaired) electrons. The lowest BCUT2D eigenvalue weighted by atomic mass is 10.1. The number of methoxy groups -OCH3 is 1. The van der Waals surface area contributed by atoms with Gasteiger partial charge in [-0.3, -0.25) is 14.3 Å². The number of aromatic nitrogens is 3. The number of halogens is 2. The van der Waals surface area contributed by atoms with Crippen LogP contribution in [-0.2, 0) is 4.79 Å². The Kier molecular flexibility index (Phi) is 7.23. The topological polar surface area (TPSA) is 90.6 Å². The van der Waals surface area contributed by atoms with Gasteiger partial charge in [-0.2, -0.15) is 0 Å². The third-order valence-corrected chi connectivity index (χ3v) is 5.78. The van der Waals surface area contributed by atoms with Gasteiger partial charge in [0.25, 0.3) is 5.91 Å². The number of hydrogen-bond acceptors (Lipinski definition) is 7. The minimum Gasteiger partial charge on any atom is -0.497 e. The van der Waals surface area contributed by atoms with Crippen LogP contribution in [0.25, 0.3) is 16.9 Å². The first kappa shape index (κ1) is 22.8. The highest BCUT2D eigenvalue weighted by Gasteiger charge is 2.14. The molecule has 8 nitrogen and oxygen atoms in total. The molecular formula is C22H17Cl2N5O3S. The number of nitrogens with one attached hydrogen (secondary N) is 1. The zero-order chi connectivity index (χ0) is 23.2. The average Bonchev–Trinajstić information content (AvgIpc) is 3.25. The van der Waals surface area contributed by atoms with E-state index in [2.05, 4.69) is 20.5 Å². The molecule has 0 spiro atoms. The number of amides is 1. The van der Waals surface area contributed by atoms with Crippen LogP contribution in [-0.4, -0.2) is 34.2 Å². The fourth-order valence-corrected chi connectivity index (χ4v) is 4.24. The Hall–Kier alpha value is -3.40. The molecule has 4 aromatic rings. The molecule has 2 heterocycles. The molecule has 0 fully saturated rings. The van der Waals surface area contributed by atoms with Crippen molar-refractivity contribution in [3.8, 4) is 28.6 Å². The van der Waals surface area contributed by atoms with E-state index < -0.39 is 5.91 Å². The van der Waals surface area contributed by atoms with Crippen LogP contribution in [0.4, 0.5) is 0 Å². The molecule has 11 heteroatoms. The highest BCUT2D eigenvalue weighted by Crippen LogP contribution is 2.30. The second-order valence-corrected chi connectivity index (χ2v) is 8.22. The minimum absolute atomic E-state index is 0.244. The lowest BCUT2D eigenvalue weighted by molar-refractivity contribution is -0.123. The molecule has 2 aromatic heterocycles. The van der Waals surface area contributed by atoms with Gasteiger partial charge in [-0.05, 0) is 48.0 Å². The van der Waals surface area contributed by atoms with Gasteiger partial charge in [0.05, 0.1) is 29.7 Å². The minimum atomic E-state index is -0.450. The Morgan fingerprint density at radius 1 is 1.18 bits per heavy atom. The van der Waals surface area contributed by atoms with Gasteiger partial charge in [0.15, 0.2) is 6.61 Å². The molecule has 0 aliphatic heterocycles. The number of ether oxygens (including phenoxy) is 2. The van der Waals surface area contributed by atoms with Gasteiger partial charge in [0.2, 0.25) is 10.7 Å². The Balaban J connectivity index is 1.67. The van der Waals surface area contributed by atoms with Gasteiger partial charge in [0.1, 0.15) is 5.75 Å². The van der Waals surface area contributed by atoms with Crippen LogP contribution in [0, 0.1) is 0 Å². The number of benzene rings is 2. The van der Waals surface area contributed by atoms with Gasteiger partial charge in [-0.1, -0.05) is 23.2 Å². The van der Waals surface area contributed by atoms with Gasteiger partial charge in [-0.15, -0.1) is 16.4 Å². The number of thiazole rings is 1. The average molecular weight is 502 g/mol. The van der Waals surface area contributed by atoms with Crippen LogP contribution in [0.3, 0.4) is 0 Å². The molecule has 33 heavy (non-hydrogen) atoms. The molecule has 0 aliphatic carbocycles. The van der Waals surface area contributed by atoms with Crippen LogP contribution in [0.1, 0.15) is 0 Å². The summed E-state index contributed by atoms with van der Waals surface area (Å²) in [5.74, 6) is 0.535. The summed E-state index contributed by atoms with van der Waals surface area (Å²) in [5, 5.41) is 7.16. The second-order valence-electron chi connectivity index (χ2n) is 6.54. The van der Waals surface area contributed by atoms with E-state index in [1.54, 1.807) is 25.3 Å². The Bertz CT molecular complexity index is 1320. The molecule has 0 aliphatic rings. The molecule has 4 rings (SSSR count). The molecule has 0 saturated carbocycles. The first-order chi connectivity index (χ1) is 16.0. The third-order valence-electron chi connectivity index (χ3n) is 4.41. The predicted molar refractivity (Wildman–Crippen MR) is 127 cm³/mol. The van der Waals surface area contributed by atoms with Gasteiger partial charge in [-0.25, -0.2) is 10.4 Å². The summed E-state index contributed by atoms with van der Waals surface area (Å²) in [6, 6.07) is 12.8. The second kappa shape index (κ2) is 10.5. The van der Waals surface area contributed by atoms with Crippen LogP contribution in [0.2, 0.25) is 10.0 Å². The monoisotopic (exact) mass is 501 g/mol. The van der Waals surface area contributed by atoms with Crippen molar-refractivity contribution >= 4 is 40.4 Å². The van der Waals surface area contributed by atoms with Gasteiger partial charge < -0.3 is 9.47 Å². The number of carbonyl (C=O) groups excluding carboxylic acids is 1. The van der Waals surface area contributed by atoms with Crippen molar-refractivity contribution < 1.29 is 14.3 Å². The molecular weight excluding hydrogens is 485 g/mol. The zero-order valence-electron chi connectivity index (χ0n) is 17.2. The first-order valence-electron chi connectivity index (χ1n) is 9.57. The van der Waals surface area contributed by atoms with Crippen molar-refractivity contribution in [2.24, 2.45) is 5.10 Å². The Morgan fingerprint density at radius 2 is 2.00 bits per heavy atom. The van der Waals surface area contributed by atoms with Crippen LogP contribution in [0.5, 0.6) is 11.6 Å². The molecule has 0 atom stereocenters. The molecule has 168 valence electrons. The molecule has 0 saturated heterocycles. The van der Waals surface area contributed by atoms with Crippen LogP contribution >= 0.6 is 34.5 Å². The maximum Gasteiger partial charge on any atom is 0.278 e. The predicted octanol–water partition coefficient (Wildman–Crippen LogP) is 4.32. The lowest BCUT2D eigenvalue weighted by Gasteiger charge is -2.12. The lowest BCUT2D eigenvalue weighted by Crippen LogP contribution is -2.28. The molecule has 0 unspecified atom stereocenters. The number of nitrogens with zero attached hydrogens (tertiary/aromatic N) is 4. The van der Waals surface area contributed by atoms with Crippen LogP contribution < -0.4 is 19.7 Å². The highest BCUT2D eigenvalue weighted by molar-refractivity contribution is 7.07. The van der Waals surface area contributed by atoms with Crippen molar-refractivity contribution in [2.75, 3.05) is 13.7 Å². The van der Waals surface area contributed by atoms with E-state index >= 15 is 0 Å². The first-order valence-corrected chi connectivity index (χ1v) is 11.2. The van der Waals surface area contributed by atoms with E-state index in [1.165, 1.54) is 29.9 Å². The standard InChI is InChI=1S/C22H17Cl2N5O3S/c1-31-16-5-2-14(3-6-16)19-13-33-22(29(19)18-7-4-15(23)10-17(18)24)28-27-20(30)12-32-21-11-25-8-9-26-21/h2-11,13H,12H2,1H3,(H,27,30)/b28-22-. The quantitative estimate of drug-likeness (QED) is 0.380. The smallest absolute Gasteiger partial charge is 0.278 e. The van der Waals surface area contributed by atoms with Crippen LogP contribution in [0.15, 0.2) is 71.5 Å². The van der Waals surface area contributed by atoms with E-state index in [0.29, 0.717) is 20.5 Å². The maximum atomic E-state index is 12.3. The van der Waals surface area contributed by atoms with E-state index in [1.807, 2.05) is 34.2 Å². The molecule has 1 N–H and O–H groups in total. The molecule has 2 aromatic carbocycles. The highest BCUT2D eigenvalue weighted by atomic mass is 35.5. The van der Waals surface area contributed by atoms with Crippen molar-refractivity contribution in [2.45, 2.75) is 0 Å². The van der Waals surface area contributed by atoms with Crippen molar-refractivity contribution in [3.05, 3.63) is 81.3 Å². The number of carbonyl (C=O) groups is 1. The molecule has 0 bridgehead atoms. The largest absolute Gasteiger partial charge is 0.497 e. The summed E-state index contributed by atoms with van der Waals surface area (Å²) in [4.78, 5) is 20.6.